The fraction of sp³-hybridized carbons (Fsp3) is 0.467. The Balaban J connectivity index is 2.26. The molecule has 1 amide bonds. The number of hydrogen-bond acceptors (Lipinski definition) is 5. The zero-order valence-electron chi connectivity index (χ0n) is 12.9. The van der Waals surface area contributed by atoms with Crippen molar-refractivity contribution in [2.45, 2.75) is 25.8 Å². The molecule has 1 N–H and O–H groups in total. The quantitative estimate of drug-likeness (QED) is 0.606. The van der Waals surface area contributed by atoms with Gasteiger partial charge in [0.05, 0.1) is 18.0 Å². The number of carbonyl (C=O) groups excluding carboxylic acids is 1. The van der Waals surface area contributed by atoms with Gasteiger partial charge in [-0.15, -0.1) is 0 Å². The van der Waals surface area contributed by atoms with E-state index in [1.165, 1.54) is 30.2 Å². The summed E-state index contributed by atoms with van der Waals surface area (Å²) < 4.78 is 4.97. The van der Waals surface area contributed by atoms with E-state index in [2.05, 4.69) is 0 Å². The summed E-state index contributed by atoms with van der Waals surface area (Å²) in [5, 5.41) is 19.9. The van der Waals surface area contributed by atoms with E-state index in [9.17, 15) is 19.7 Å². The maximum Gasteiger partial charge on any atom is 0.310 e. The molecule has 0 heterocycles. The summed E-state index contributed by atoms with van der Waals surface area (Å²) in [6.07, 6.45) is 1.67. The Morgan fingerprint density at radius 1 is 1.48 bits per heavy atom. The first-order chi connectivity index (χ1) is 10.8. The highest BCUT2D eigenvalue weighted by Crippen LogP contribution is 2.32. The van der Waals surface area contributed by atoms with Crippen LogP contribution in [0.4, 0.5) is 5.69 Å². The lowest BCUT2D eigenvalue weighted by atomic mass is 10.1. The second-order valence-corrected chi connectivity index (χ2v) is 5.57. The minimum absolute atomic E-state index is 0.00267. The number of methoxy groups -OCH3 is 1. The van der Waals surface area contributed by atoms with Gasteiger partial charge in [0.15, 0.2) is 5.75 Å². The third kappa shape index (κ3) is 3.77. The first-order valence-corrected chi connectivity index (χ1v) is 7.21. The molecule has 1 atom stereocenters. The summed E-state index contributed by atoms with van der Waals surface area (Å²) in [4.78, 5) is 35.5. The van der Waals surface area contributed by atoms with Gasteiger partial charge in [0.25, 0.3) is 5.91 Å². The summed E-state index contributed by atoms with van der Waals surface area (Å²) in [5.41, 5.74) is 0.0258. The molecule has 1 aliphatic carbocycles. The van der Waals surface area contributed by atoms with E-state index >= 15 is 0 Å². The molecule has 124 valence electrons. The van der Waals surface area contributed by atoms with Crippen molar-refractivity contribution in [2.75, 3.05) is 13.7 Å². The lowest BCUT2D eigenvalue weighted by Gasteiger charge is -2.24. The molecule has 0 saturated heterocycles. The lowest BCUT2D eigenvalue weighted by Crippen LogP contribution is -2.38. The van der Waals surface area contributed by atoms with Gasteiger partial charge in [-0.1, -0.05) is 6.92 Å². The molecule has 1 unspecified atom stereocenters. The number of nitro groups is 1. The molecule has 1 aromatic carbocycles. The van der Waals surface area contributed by atoms with Crippen LogP contribution in [0.1, 0.15) is 30.1 Å². The van der Waals surface area contributed by atoms with Crippen LogP contribution in [-0.4, -0.2) is 46.5 Å². The maximum atomic E-state index is 12.6. The van der Waals surface area contributed by atoms with E-state index in [-0.39, 0.29) is 35.5 Å². The van der Waals surface area contributed by atoms with Crippen molar-refractivity contribution in [2.24, 2.45) is 5.92 Å². The highest BCUT2D eigenvalue weighted by Gasteiger charge is 2.35. The van der Waals surface area contributed by atoms with Crippen LogP contribution in [0.2, 0.25) is 0 Å². The molecule has 8 heteroatoms. The monoisotopic (exact) mass is 322 g/mol. The number of ether oxygens (including phenoxy) is 1. The largest absolute Gasteiger partial charge is 0.490 e. The van der Waals surface area contributed by atoms with Crippen molar-refractivity contribution < 1.29 is 24.4 Å². The first-order valence-electron chi connectivity index (χ1n) is 7.21. The molecular weight excluding hydrogens is 304 g/mol. The van der Waals surface area contributed by atoms with Gasteiger partial charge in [-0.2, -0.15) is 0 Å². The van der Waals surface area contributed by atoms with Crippen molar-refractivity contribution in [1.29, 1.82) is 0 Å². The number of rotatable bonds is 7. The zero-order valence-corrected chi connectivity index (χ0v) is 12.9. The molecule has 0 aromatic heterocycles. The average molecular weight is 322 g/mol. The Bertz CT molecular complexity index is 641. The van der Waals surface area contributed by atoms with Gasteiger partial charge in [0.1, 0.15) is 0 Å². The molecule has 1 aliphatic rings. The van der Waals surface area contributed by atoms with Gasteiger partial charge in [0, 0.05) is 30.3 Å². The molecule has 1 aromatic rings. The summed E-state index contributed by atoms with van der Waals surface area (Å²) in [5.74, 6) is -1.99. The lowest BCUT2D eigenvalue weighted by molar-refractivity contribution is -0.385. The van der Waals surface area contributed by atoms with Crippen molar-refractivity contribution in [3.63, 3.8) is 0 Å². The summed E-state index contributed by atoms with van der Waals surface area (Å²) in [6, 6.07) is 3.94. The van der Waals surface area contributed by atoms with E-state index in [1.807, 2.05) is 0 Å². The smallest absolute Gasteiger partial charge is 0.310 e. The summed E-state index contributed by atoms with van der Waals surface area (Å²) in [7, 11) is 1.29. The topological polar surface area (TPSA) is 110 Å². The highest BCUT2D eigenvalue weighted by atomic mass is 16.6. The van der Waals surface area contributed by atoms with Gasteiger partial charge in [-0.3, -0.25) is 19.7 Å². The van der Waals surface area contributed by atoms with Crippen LogP contribution in [0, 0.1) is 16.0 Å². The van der Waals surface area contributed by atoms with Crippen molar-refractivity contribution in [1.82, 2.24) is 4.90 Å². The number of nitrogens with zero attached hydrogens (tertiary/aromatic N) is 2. The number of benzene rings is 1. The molecule has 23 heavy (non-hydrogen) atoms. The molecular formula is C15H18N2O6. The molecule has 1 saturated carbocycles. The van der Waals surface area contributed by atoms with Crippen LogP contribution >= 0.6 is 0 Å². The molecule has 2 rings (SSSR count). The Hall–Kier alpha value is -2.64. The van der Waals surface area contributed by atoms with Gasteiger partial charge >= 0.3 is 11.7 Å². The van der Waals surface area contributed by atoms with Crippen LogP contribution in [-0.2, 0) is 4.79 Å². The Labute approximate surface area is 132 Å². The first kappa shape index (κ1) is 16.7. The fourth-order valence-corrected chi connectivity index (χ4v) is 2.28. The number of nitro benzene ring substituents is 1. The molecule has 0 radical (unpaired) electrons. The fourth-order valence-electron chi connectivity index (χ4n) is 2.28. The Kier molecular flexibility index (Phi) is 4.83. The van der Waals surface area contributed by atoms with E-state index in [0.29, 0.717) is 0 Å². The predicted octanol–water partition coefficient (Wildman–Crippen LogP) is 1.93. The minimum atomic E-state index is -0.968. The van der Waals surface area contributed by atoms with Gasteiger partial charge < -0.3 is 14.7 Å². The Morgan fingerprint density at radius 2 is 2.13 bits per heavy atom. The average Bonchev–Trinajstić information content (AvgIpc) is 3.35. The normalized spacial score (nSPS) is 14.9. The van der Waals surface area contributed by atoms with E-state index in [1.54, 1.807) is 6.92 Å². The minimum Gasteiger partial charge on any atom is -0.490 e. The van der Waals surface area contributed by atoms with E-state index in [4.69, 9.17) is 9.84 Å². The van der Waals surface area contributed by atoms with E-state index < -0.39 is 16.8 Å². The van der Waals surface area contributed by atoms with Crippen LogP contribution in [0.3, 0.4) is 0 Å². The van der Waals surface area contributed by atoms with Crippen molar-refractivity contribution in [3.05, 3.63) is 33.9 Å². The molecule has 1 fully saturated rings. The molecule has 8 nitrogen and oxygen atoms in total. The summed E-state index contributed by atoms with van der Waals surface area (Å²) >= 11 is 0. The van der Waals surface area contributed by atoms with Crippen LogP contribution in [0.25, 0.3) is 0 Å². The number of amides is 1. The third-order valence-corrected chi connectivity index (χ3v) is 3.76. The number of hydrogen-bond donors (Lipinski definition) is 1. The maximum absolute atomic E-state index is 12.6. The van der Waals surface area contributed by atoms with Gasteiger partial charge in [0.2, 0.25) is 0 Å². The molecule has 0 aliphatic heterocycles. The van der Waals surface area contributed by atoms with Crippen LogP contribution in [0.15, 0.2) is 18.2 Å². The third-order valence-electron chi connectivity index (χ3n) is 3.76. The second-order valence-electron chi connectivity index (χ2n) is 5.57. The number of carbonyl (C=O) groups is 2. The standard InChI is InChI=1S/C15H18N2O6/c1-9(15(19)20)8-16(11-4-5-11)14(18)10-3-6-12(17(21)22)13(7-10)23-2/h3,6-7,9,11H,4-5,8H2,1-2H3,(H,19,20). The van der Waals surface area contributed by atoms with Crippen molar-refractivity contribution >= 4 is 17.6 Å². The predicted molar refractivity (Wildman–Crippen MR) is 80.5 cm³/mol. The summed E-state index contributed by atoms with van der Waals surface area (Å²) in [6.45, 7) is 1.65. The Morgan fingerprint density at radius 3 is 2.61 bits per heavy atom. The highest BCUT2D eigenvalue weighted by molar-refractivity contribution is 5.95. The number of carboxylic acid groups (broad SMARTS) is 1. The van der Waals surface area contributed by atoms with Crippen molar-refractivity contribution in [3.8, 4) is 5.75 Å². The van der Waals surface area contributed by atoms with Gasteiger partial charge in [-0.25, -0.2) is 0 Å². The number of aliphatic carboxylic acids is 1. The van der Waals surface area contributed by atoms with Gasteiger partial charge in [-0.05, 0) is 18.9 Å². The zero-order chi connectivity index (χ0) is 17.1. The van der Waals surface area contributed by atoms with Crippen LogP contribution < -0.4 is 4.74 Å². The van der Waals surface area contributed by atoms with E-state index in [0.717, 1.165) is 12.8 Å². The molecule has 0 bridgehead atoms. The van der Waals surface area contributed by atoms with Crippen LogP contribution in [0.5, 0.6) is 5.75 Å². The SMILES string of the molecule is COc1cc(C(=O)N(CC(C)C(=O)O)C2CC2)ccc1[N+](=O)[O-]. The molecule has 0 spiro atoms. The number of carboxylic acids is 1. The second kappa shape index (κ2) is 6.64.